The zero-order valence-corrected chi connectivity index (χ0v) is 9.86. The van der Waals surface area contributed by atoms with Gasteiger partial charge in [-0.05, 0) is 24.5 Å². The predicted molar refractivity (Wildman–Crippen MR) is 64.5 cm³/mol. The fourth-order valence-corrected chi connectivity index (χ4v) is 1.59. The van der Waals surface area contributed by atoms with Crippen LogP contribution in [0.1, 0.15) is 36.2 Å². The van der Waals surface area contributed by atoms with Crippen molar-refractivity contribution in [3.8, 4) is 0 Å². The van der Waals surface area contributed by atoms with Crippen molar-refractivity contribution >= 4 is 5.91 Å². The van der Waals surface area contributed by atoms with Crippen LogP contribution in [0.5, 0.6) is 0 Å². The number of aliphatic hydroxyl groups is 1. The summed E-state index contributed by atoms with van der Waals surface area (Å²) in [6.45, 7) is 3.94. The minimum Gasteiger partial charge on any atom is -0.394 e. The Morgan fingerprint density at radius 3 is 2.62 bits per heavy atom. The van der Waals surface area contributed by atoms with Gasteiger partial charge in [-0.1, -0.05) is 32.0 Å². The maximum absolute atomic E-state index is 11.9. The molecule has 3 heteroatoms. The highest BCUT2D eigenvalue weighted by Gasteiger charge is 2.13. The number of hydrogen-bond donors (Lipinski definition) is 2. The number of amides is 1. The quantitative estimate of drug-likeness (QED) is 0.795. The van der Waals surface area contributed by atoms with Crippen LogP contribution in [0.25, 0.3) is 0 Å². The first-order valence-electron chi connectivity index (χ1n) is 5.72. The summed E-state index contributed by atoms with van der Waals surface area (Å²) in [5.74, 6) is -0.0987. The molecule has 1 aromatic carbocycles. The molecule has 0 radical (unpaired) electrons. The molecule has 0 bridgehead atoms. The minimum atomic E-state index is -0.155. The number of aryl methyl sites for hydroxylation is 1. The van der Waals surface area contributed by atoms with Gasteiger partial charge in [0.05, 0.1) is 12.6 Å². The van der Waals surface area contributed by atoms with Crippen LogP contribution < -0.4 is 5.32 Å². The van der Waals surface area contributed by atoms with E-state index in [1.54, 1.807) is 0 Å². The standard InChI is InChI=1S/C13H19NO2/c1-3-10-7-5-6-8-12(10)13(16)14-11(4-2)9-15/h5-8,11,15H,3-4,9H2,1-2H3,(H,14,16)/t11-/m1/s1. The lowest BCUT2D eigenvalue weighted by Crippen LogP contribution is -2.37. The Morgan fingerprint density at radius 1 is 1.38 bits per heavy atom. The molecule has 0 unspecified atom stereocenters. The lowest BCUT2D eigenvalue weighted by atomic mass is 10.0. The second-order valence-electron chi connectivity index (χ2n) is 3.77. The largest absolute Gasteiger partial charge is 0.394 e. The van der Waals surface area contributed by atoms with Crippen molar-refractivity contribution in [3.63, 3.8) is 0 Å². The van der Waals surface area contributed by atoms with Gasteiger partial charge in [-0.25, -0.2) is 0 Å². The van der Waals surface area contributed by atoms with Gasteiger partial charge in [-0.2, -0.15) is 0 Å². The van der Waals surface area contributed by atoms with E-state index in [2.05, 4.69) is 5.32 Å². The Morgan fingerprint density at radius 2 is 2.06 bits per heavy atom. The molecule has 2 N–H and O–H groups in total. The molecule has 88 valence electrons. The summed E-state index contributed by atoms with van der Waals surface area (Å²) in [6, 6.07) is 7.40. The summed E-state index contributed by atoms with van der Waals surface area (Å²) in [5.41, 5.74) is 1.74. The first kappa shape index (κ1) is 12.7. The monoisotopic (exact) mass is 221 g/mol. The van der Waals surface area contributed by atoms with E-state index in [1.165, 1.54) is 0 Å². The topological polar surface area (TPSA) is 49.3 Å². The first-order valence-corrected chi connectivity index (χ1v) is 5.72. The van der Waals surface area contributed by atoms with E-state index in [-0.39, 0.29) is 18.6 Å². The molecule has 0 saturated heterocycles. The van der Waals surface area contributed by atoms with Gasteiger partial charge in [-0.15, -0.1) is 0 Å². The van der Waals surface area contributed by atoms with Crippen LogP contribution in [0.4, 0.5) is 0 Å². The molecular weight excluding hydrogens is 202 g/mol. The zero-order valence-electron chi connectivity index (χ0n) is 9.86. The van der Waals surface area contributed by atoms with E-state index in [4.69, 9.17) is 5.11 Å². The molecule has 0 heterocycles. The molecule has 0 aromatic heterocycles. The number of benzene rings is 1. The fourth-order valence-electron chi connectivity index (χ4n) is 1.59. The van der Waals surface area contributed by atoms with Crippen LogP contribution in [-0.2, 0) is 6.42 Å². The van der Waals surface area contributed by atoms with E-state index >= 15 is 0 Å². The van der Waals surface area contributed by atoms with E-state index in [1.807, 2.05) is 38.1 Å². The summed E-state index contributed by atoms with van der Waals surface area (Å²) in [5, 5.41) is 11.9. The molecule has 16 heavy (non-hydrogen) atoms. The Labute approximate surface area is 96.5 Å². The van der Waals surface area contributed by atoms with Crippen LogP contribution in [0.3, 0.4) is 0 Å². The minimum absolute atomic E-state index is 0.0173. The second-order valence-corrected chi connectivity index (χ2v) is 3.77. The SMILES string of the molecule is CCc1ccccc1C(=O)N[C@H](CC)CO. The van der Waals surface area contributed by atoms with Crippen molar-refractivity contribution < 1.29 is 9.90 Å². The summed E-state index contributed by atoms with van der Waals surface area (Å²) < 4.78 is 0. The Kier molecular flexibility index (Phi) is 4.99. The van der Waals surface area contributed by atoms with Gasteiger partial charge in [0.2, 0.25) is 0 Å². The average Bonchev–Trinajstić information content (AvgIpc) is 2.35. The van der Waals surface area contributed by atoms with Gasteiger partial charge in [-0.3, -0.25) is 4.79 Å². The van der Waals surface area contributed by atoms with Crippen molar-refractivity contribution in [3.05, 3.63) is 35.4 Å². The molecule has 3 nitrogen and oxygen atoms in total. The van der Waals surface area contributed by atoms with Crippen LogP contribution in [0, 0.1) is 0 Å². The summed E-state index contributed by atoms with van der Waals surface area (Å²) >= 11 is 0. The third-order valence-corrected chi connectivity index (χ3v) is 2.69. The van der Waals surface area contributed by atoms with E-state index in [0.717, 1.165) is 18.4 Å². The zero-order chi connectivity index (χ0) is 12.0. The molecule has 1 amide bonds. The summed E-state index contributed by atoms with van der Waals surface area (Å²) in [6.07, 6.45) is 1.57. The van der Waals surface area contributed by atoms with Crippen molar-refractivity contribution in [2.75, 3.05) is 6.61 Å². The molecule has 0 aliphatic carbocycles. The van der Waals surface area contributed by atoms with Crippen molar-refractivity contribution in [2.24, 2.45) is 0 Å². The molecule has 0 aliphatic heterocycles. The second kappa shape index (κ2) is 6.28. The molecular formula is C13H19NO2. The van der Waals surface area contributed by atoms with Gasteiger partial charge >= 0.3 is 0 Å². The first-order chi connectivity index (χ1) is 7.72. The number of hydrogen-bond acceptors (Lipinski definition) is 2. The Balaban J connectivity index is 2.79. The van der Waals surface area contributed by atoms with Gasteiger partial charge < -0.3 is 10.4 Å². The molecule has 0 spiro atoms. The van der Waals surface area contributed by atoms with Gasteiger partial charge in [0.15, 0.2) is 0 Å². The number of carbonyl (C=O) groups is 1. The lowest BCUT2D eigenvalue weighted by molar-refractivity contribution is 0.0914. The number of nitrogens with one attached hydrogen (secondary N) is 1. The van der Waals surface area contributed by atoms with Crippen molar-refractivity contribution in [2.45, 2.75) is 32.7 Å². The smallest absolute Gasteiger partial charge is 0.251 e. The fraction of sp³-hybridized carbons (Fsp3) is 0.462. The average molecular weight is 221 g/mol. The highest BCUT2D eigenvalue weighted by Crippen LogP contribution is 2.09. The lowest BCUT2D eigenvalue weighted by Gasteiger charge is -2.15. The van der Waals surface area contributed by atoms with Gasteiger partial charge in [0, 0.05) is 5.56 Å². The molecule has 1 atom stereocenters. The molecule has 1 rings (SSSR count). The predicted octanol–water partition coefficient (Wildman–Crippen LogP) is 1.75. The number of rotatable bonds is 5. The third kappa shape index (κ3) is 3.07. The van der Waals surface area contributed by atoms with E-state index < -0.39 is 0 Å². The van der Waals surface area contributed by atoms with E-state index in [9.17, 15) is 4.79 Å². The van der Waals surface area contributed by atoms with E-state index in [0.29, 0.717) is 5.56 Å². The molecule has 0 aliphatic rings. The van der Waals surface area contributed by atoms with Crippen LogP contribution in [0.2, 0.25) is 0 Å². The molecule has 0 fully saturated rings. The number of aliphatic hydroxyl groups excluding tert-OH is 1. The van der Waals surface area contributed by atoms with Crippen molar-refractivity contribution in [1.29, 1.82) is 0 Å². The van der Waals surface area contributed by atoms with Crippen LogP contribution >= 0.6 is 0 Å². The maximum Gasteiger partial charge on any atom is 0.251 e. The van der Waals surface area contributed by atoms with Crippen LogP contribution in [-0.4, -0.2) is 23.7 Å². The highest BCUT2D eigenvalue weighted by molar-refractivity contribution is 5.95. The number of carbonyl (C=O) groups excluding carboxylic acids is 1. The maximum atomic E-state index is 11.9. The third-order valence-electron chi connectivity index (χ3n) is 2.69. The Bertz CT molecular complexity index is 346. The van der Waals surface area contributed by atoms with Crippen molar-refractivity contribution in [1.82, 2.24) is 5.32 Å². The van der Waals surface area contributed by atoms with Gasteiger partial charge in [0.25, 0.3) is 5.91 Å². The summed E-state index contributed by atoms with van der Waals surface area (Å²) in [4.78, 5) is 11.9. The molecule has 1 aromatic rings. The highest BCUT2D eigenvalue weighted by atomic mass is 16.3. The van der Waals surface area contributed by atoms with Gasteiger partial charge in [0.1, 0.15) is 0 Å². The normalized spacial score (nSPS) is 12.2. The summed E-state index contributed by atoms with van der Waals surface area (Å²) in [7, 11) is 0. The molecule has 0 saturated carbocycles. The Hall–Kier alpha value is -1.35. The van der Waals surface area contributed by atoms with Crippen LogP contribution in [0.15, 0.2) is 24.3 Å².